The van der Waals surface area contributed by atoms with Gasteiger partial charge in [-0.15, -0.1) is 0 Å². The second-order valence-corrected chi connectivity index (χ2v) is 13.4. The van der Waals surface area contributed by atoms with Crippen molar-refractivity contribution in [1.82, 2.24) is 10.6 Å². The molecular formula is C38H60N2O5. The maximum absolute atomic E-state index is 12.7. The molecule has 45 heavy (non-hydrogen) atoms. The molecule has 0 unspecified atom stereocenters. The van der Waals surface area contributed by atoms with Gasteiger partial charge in [-0.1, -0.05) is 66.7 Å². The van der Waals surface area contributed by atoms with Crippen LogP contribution in [0.25, 0.3) is 0 Å². The molecule has 252 valence electrons. The van der Waals surface area contributed by atoms with Gasteiger partial charge < -0.3 is 30.7 Å². The Hall–Kier alpha value is -2.13. The highest BCUT2D eigenvalue weighted by Gasteiger charge is 2.68. The van der Waals surface area contributed by atoms with Crippen LogP contribution in [0, 0.1) is 29.1 Å². The zero-order valence-electron chi connectivity index (χ0n) is 28.5. The van der Waals surface area contributed by atoms with Gasteiger partial charge in [-0.25, -0.2) is 0 Å². The van der Waals surface area contributed by atoms with Crippen LogP contribution in [0.2, 0.25) is 0 Å². The van der Waals surface area contributed by atoms with Crippen LogP contribution in [-0.4, -0.2) is 79.8 Å². The van der Waals surface area contributed by atoms with Crippen LogP contribution in [0.1, 0.15) is 72.6 Å². The third-order valence-corrected chi connectivity index (χ3v) is 10.6. The predicted octanol–water partition coefficient (Wildman–Crippen LogP) is 5.22. The van der Waals surface area contributed by atoms with Crippen molar-refractivity contribution in [2.75, 3.05) is 46.5 Å². The molecule has 2 fully saturated rings. The number of aliphatic hydroxyl groups is 3. The monoisotopic (exact) mass is 624 g/mol. The molecule has 1 spiro atoms. The van der Waals surface area contributed by atoms with E-state index >= 15 is 0 Å². The van der Waals surface area contributed by atoms with Crippen molar-refractivity contribution in [2.45, 2.75) is 84.3 Å². The van der Waals surface area contributed by atoms with Crippen molar-refractivity contribution in [1.29, 1.82) is 0 Å². The lowest BCUT2D eigenvalue weighted by Crippen LogP contribution is -2.65. The zero-order chi connectivity index (χ0) is 33.0. The van der Waals surface area contributed by atoms with E-state index in [0.717, 1.165) is 48.9 Å². The second-order valence-electron chi connectivity index (χ2n) is 13.4. The van der Waals surface area contributed by atoms with Crippen molar-refractivity contribution in [2.24, 2.45) is 29.1 Å². The van der Waals surface area contributed by atoms with Gasteiger partial charge in [0.05, 0.1) is 18.3 Å². The average molecular weight is 625 g/mol. The summed E-state index contributed by atoms with van der Waals surface area (Å²) in [4.78, 5) is 12.2. The van der Waals surface area contributed by atoms with E-state index in [2.05, 4.69) is 55.4 Å². The lowest BCUT2D eigenvalue weighted by Gasteiger charge is -2.61. The van der Waals surface area contributed by atoms with E-state index in [1.807, 2.05) is 33.0 Å². The Morgan fingerprint density at radius 2 is 2.02 bits per heavy atom. The molecule has 0 aromatic carbocycles. The predicted molar refractivity (Wildman–Crippen MR) is 184 cm³/mol. The Balaban J connectivity index is 1.98. The van der Waals surface area contributed by atoms with Gasteiger partial charge in [0.25, 0.3) is 0 Å². The number of nitrogens with one attached hydrogen (secondary N) is 2. The molecule has 0 radical (unpaired) electrons. The van der Waals surface area contributed by atoms with E-state index in [4.69, 9.17) is 4.74 Å². The van der Waals surface area contributed by atoms with Crippen molar-refractivity contribution < 1.29 is 24.9 Å². The molecule has 0 heterocycles. The van der Waals surface area contributed by atoms with Gasteiger partial charge in [0.1, 0.15) is 6.29 Å². The molecule has 3 aliphatic carbocycles. The normalized spacial score (nSPS) is 32.9. The summed E-state index contributed by atoms with van der Waals surface area (Å²) in [7, 11) is 1.88. The Labute approximate surface area is 272 Å². The van der Waals surface area contributed by atoms with Gasteiger partial charge >= 0.3 is 0 Å². The fourth-order valence-corrected chi connectivity index (χ4v) is 8.40. The smallest absolute Gasteiger partial charge is 0.145 e. The molecule has 5 N–H and O–H groups in total. The highest BCUT2D eigenvalue weighted by atomic mass is 16.5. The number of rotatable bonds is 18. The van der Waals surface area contributed by atoms with Crippen LogP contribution >= 0.6 is 0 Å². The van der Waals surface area contributed by atoms with Crippen LogP contribution in [0.15, 0.2) is 70.9 Å². The van der Waals surface area contributed by atoms with Crippen LogP contribution in [-0.2, 0) is 9.53 Å². The number of aldehydes is 1. The number of hydrogen-bond donors (Lipinski definition) is 5. The third-order valence-electron chi connectivity index (χ3n) is 10.6. The lowest BCUT2D eigenvalue weighted by molar-refractivity contribution is -0.194. The first-order chi connectivity index (χ1) is 21.6. The zero-order valence-corrected chi connectivity index (χ0v) is 28.5. The molecule has 2 bridgehead atoms. The summed E-state index contributed by atoms with van der Waals surface area (Å²) in [5, 5.41) is 41.9. The van der Waals surface area contributed by atoms with Gasteiger partial charge in [0.2, 0.25) is 0 Å². The van der Waals surface area contributed by atoms with Crippen molar-refractivity contribution in [3.8, 4) is 0 Å². The van der Waals surface area contributed by atoms with E-state index in [1.165, 1.54) is 5.57 Å². The number of fused-ring (bicyclic) bond motifs is 3. The van der Waals surface area contributed by atoms with Gasteiger partial charge in [-0.2, -0.15) is 0 Å². The molecule has 7 heteroatoms. The number of aliphatic hydroxyl groups excluding tert-OH is 2. The summed E-state index contributed by atoms with van der Waals surface area (Å²) in [6.07, 6.45) is 17.4. The molecule has 3 aliphatic rings. The molecule has 7 nitrogen and oxygen atoms in total. The van der Waals surface area contributed by atoms with Crippen molar-refractivity contribution in [3.63, 3.8) is 0 Å². The number of carbonyl (C=O) groups excluding carboxylic acids is 1. The highest BCUT2D eigenvalue weighted by molar-refractivity contribution is 5.74. The Kier molecular flexibility index (Phi) is 14.7. The Bertz CT molecular complexity index is 1150. The molecule has 0 aliphatic heterocycles. The molecule has 0 aromatic heterocycles. The van der Waals surface area contributed by atoms with E-state index in [9.17, 15) is 20.1 Å². The average Bonchev–Trinajstić information content (AvgIpc) is 3.37. The van der Waals surface area contributed by atoms with E-state index < -0.39 is 17.1 Å². The maximum atomic E-state index is 12.7. The molecule has 0 aromatic rings. The Morgan fingerprint density at radius 1 is 1.24 bits per heavy atom. The summed E-state index contributed by atoms with van der Waals surface area (Å²) in [5.41, 5.74) is 3.07. The SMILES string of the molecule is C=C(/C=C/C=C(/COCC)[C@@H]1CC[C@]2([C@@H]1O)[C@@H]1C(=C(C)C=O)[C@@H](C=C[C@H]1CCO)C[C@]2(O)CCNC)CC/C=C(\C)CNCC. The number of ether oxygens (including phenoxy) is 1. The summed E-state index contributed by atoms with van der Waals surface area (Å²) in [5.74, 6) is -0.595. The minimum absolute atomic E-state index is 0.00327. The van der Waals surface area contributed by atoms with E-state index in [0.29, 0.717) is 57.4 Å². The van der Waals surface area contributed by atoms with Crippen molar-refractivity contribution >= 4 is 6.29 Å². The first-order valence-electron chi connectivity index (χ1n) is 17.1. The summed E-state index contributed by atoms with van der Waals surface area (Å²) in [6.45, 7) is 15.8. The topological polar surface area (TPSA) is 111 Å². The summed E-state index contributed by atoms with van der Waals surface area (Å²) in [6, 6.07) is 0. The molecular weight excluding hydrogens is 564 g/mol. The van der Waals surface area contributed by atoms with Gasteiger partial charge in [0.15, 0.2) is 0 Å². The second kappa shape index (κ2) is 17.7. The third kappa shape index (κ3) is 8.43. The van der Waals surface area contributed by atoms with Crippen LogP contribution in [0.3, 0.4) is 0 Å². The van der Waals surface area contributed by atoms with Crippen LogP contribution < -0.4 is 10.6 Å². The van der Waals surface area contributed by atoms with Crippen LogP contribution in [0.5, 0.6) is 0 Å². The molecule has 0 saturated heterocycles. The van der Waals surface area contributed by atoms with Gasteiger partial charge in [-0.3, -0.25) is 4.79 Å². The highest BCUT2D eigenvalue weighted by Crippen LogP contribution is 2.67. The molecule has 7 atom stereocenters. The lowest BCUT2D eigenvalue weighted by atomic mass is 9.45. The summed E-state index contributed by atoms with van der Waals surface area (Å²) >= 11 is 0. The molecule has 2 saturated carbocycles. The number of carbonyl (C=O) groups is 1. The van der Waals surface area contributed by atoms with Crippen molar-refractivity contribution in [3.05, 3.63) is 70.9 Å². The van der Waals surface area contributed by atoms with Crippen LogP contribution in [0.4, 0.5) is 0 Å². The fourth-order valence-electron chi connectivity index (χ4n) is 8.40. The first kappa shape index (κ1) is 37.3. The molecule has 3 rings (SSSR count). The minimum Gasteiger partial charge on any atom is -0.396 e. The number of hydrogen-bond acceptors (Lipinski definition) is 7. The standard InChI is InChI=1S/C38H60N2O5/c1-7-40-24-28(4)13-9-11-27(3)12-10-14-32(26-45-8-2)33-17-19-38(36(33)43)35-30(18-22-41)15-16-31(34(35)29(5)25-42)23-37(38,44)20-21-39-6/h10,12-16,25,30-31,33,35-36,39-41,43-44H,3,7-9,11,17-24,26H2,1-2,4-6H3/b12-10+,28-13+,32-14-,34-29?/t30-,31-,33-,35-,36+,37+,38+/m0/s1. The largest absolute Gasteiger partial charge is 0.396 e. The Morgan fingerprint density at radius 3 is 2.69 bits per heavy atom. The van der Waals surface area contributed by atoms with E-state index in [1.54, 1.807) is 0 Å². The fraction of sp³-hybridized carbons (Fsp3) is 0.658. The maximum Gasteiger partial charge on any atom is 0.145 e. The quantitative estimate of drug-likeness (QED) is 0.0616. The first-order valence-corrected chi connectivity index (χ1v) is 17.1. The number of allylic oxidation sites excluding steroid dienone is 9. The minimum atomic E-state index is -1.15. The summed E-state index contributed by atoms with van der Waals surface area (Å²) < 4.78 is 5.93. The van der Waals surface area contributed by atoms with E-state index in [-0.39, 0.29) is 30.3 Å². The van der Waals surface area contributed by atoms with Gasteiger partial charge in [-0.05, 0) is 109 Å². The molecule has 0 amide bonds. The number of likely N-dealkylation sites (N-methyl/N-ethyl adjacent to an activating group) is 1. The van der Waals surface area contributed by atoms with Gasteiger partial charge in [0, 0.05) is 37.0 Å².